The molecule has 18 heavy (non-hydrogen) atoms. The molecule has 0 aromatic heterocycles. The number of ether oxygens (including phenoxy) is 1. The zero-order valence-corrected chi connectivity index (χ0v) is 12.0. The van der Waals surface area contributed by atoms with E-state index in [0.717, 1.165) is 44.9 Å². The normalized spacial score (nSPS) is 28.0. The van der Waals surface area contributed by atoms with Gasteiger partial charge in [0.05, 0.1) is 0 Å². The van der Waals surface area contributed by atoms with E-state index in [1.165, 1.54) is 6.42 Å². The zero-order chi connectivity index (χ0) is 13.4. The van der Waals surface area contributed by atoms with Crippen molar-refractivity contribution in [3.05, 3.63) is 12.7 Å². The Morgan fingerprint density at radius 2 is 2.22 bits per heavy atom. The van der Waals surface area contributed by atoms with Crippen LogP contribution in [0, 0.1) is 5.92 Å². The van der Waals surface area contributed by atoms with Crippen LogP contribution in [0.25, 0.3) is 0 Å². The molecule has 0 amide bonds. The van der Waals surface area contributed by atoms with E-state index in [4.69, 9.17) is 4.74 Å². The number of methoxy groups -OCH3 is 1. The van der Waals surface area contributed by atoms with E-state index in [1.807, 2.05) is 6.08 Å². The number of rotatable bonds is 8. The molecular formula is C16H28O2. The number of hydrogen-bond donors (Lipinski definition) is 0. The van der Waals surface area contributed by atoms with Crippen LogP contribution in [0.3, 0.4) is 0 Å². The van der Waals surface area contributed by atoms with Crippen molar-refractivity contribution >= 4 is 5.78 Å². The fourth-order valence-corrected chi connectivity index (χ4v) is 3.03. The summed E-state index contributed by atoms with van der Waals surface area (Å²) in [5, 5.41) is 0. The summed E-state index contributed by atoms with van der Waals surface area (Å²) < 4.78 is 5.62. The molecule has 1 aliphatic carbocycles. The van der Waals surface area contributed by atoms with Crippen molar-refractivity contribution in [1.82, 2.24) is 0 Å². The van der Waals surface area contributed by atoms with Gasteiger partial charge in [0.2, 0.25) is 0 Å². The van der Waals surface area contributed by atoms with Crippen molar-refractivity contribution in [2.45, 2.75) is 70.3 Å². The fraction of sp³-hybridized carbons (Fsp3) is 0.812. The van der Waals surface area contributed by atoms with Crippen LogP contribution in [-0.2, 0) is 9.53 Å². The van der Waals surface area contributed by atoms with Gasteiger partial charge in [-0.2, -0.15) is 0 Å². The highest BCUT2D eigenvalue weighted by molar-refractivity contribution is 5.87. The summed E-state index contributed by atoms with van der Waals surface area (Å²) in [5.74, 6) is 0.943. The van der Waals surface area contributed by atoms with Crippen LogP contribution in [0.4, 0.5) is 0 Å². The SMILES string of the molecule is C=CCCCCCC(=O)C1(OC)CCCC(C)C1. The Kier molecular flexibility index (Phi) is 6.62. The highest BCUT2D eigenvalue weighted by atomic mass is 16.5. The van der Waals surface area contributed by atoms with Gasteiger partial charge >= 0.3 is 0 Å². The standard InChI is InChI=1S/C16H28O2/c1-4-5-6-7-8-11-15(17)16(18-3)12-9-10-14(2)13-16/h4,14H,1,5-13H2,2-3H3. The summed E-state index contributed by atoms with van der Waals surface area (Å²) in [6, 6.07) is 0. The van der Waals surface area contributed by atoms with Crippen LogP contribution in [0.1, 0.15) is 64.7 Å². The minimum atomic E-state index is -0.462. The van der Waals surface area contributed by atoms with Gasteiger partial charge in [0.15, 0.2) is 5.78 Å². The quantitative estimate of drug-likeness (QED) is 0.476. The molecule has 1 fully saturated rings. The molecule has 1 rings (SSSR count). The Balaban J connectivity index is 2.39. The highest BCUT2D eigenvalue weighted by Crippen LogP contribution is 2.36. The first kappa shape index (κ1) is 15.4. The second kappa shape index (κ2) is 7.73. The van der Waals surface area contributed by atoms with Gasteiger partial charge in [-0.3, -0.25) is 4.79 Å². The molecule has 0 radical (unpaired) electrons. The van der Waals surface area contributed by atoms with Crippen LogP contribution < -0.4 is 0 Å². The summed E-state index contributed by atoms with van der Waals surface area (Å²) in [5.41, 5.74) is -0.462. The molecule has 2 nitrogen and oxygen atoms in total. The third-order valence-corrected chi connectivity index (χ3v) is 4.17. The molecule has 0 aromatic rings. The van der Waals surface area contributed by atoms with Crippen molar-refractivity contribution in [3.63, 3.8) is 0 Å². The van der Waals surface area contributed by atoms with Crippen LogP contribution in [-0.4, -0.2) is 18.5 Å². The van der Waals surface area contributed by atoms with Gasteiger partial charge in [0.1, 0.15) is 5.60 Å². The largest absolute Gasteiger partial charge is 0.370 e. The molecule has 2 atom stereocenters. The maximum absolute atomic E-state index is 12.4. The first-order chi connectivity index (χ1) is 8.64. The molecular weight excluding hydrogens is 224 g/mol. The second-order valence-electron chi connectivity index (χ2n) is 5.71. The van der Waals surface area contributed by atoms with Crippen molar-refractivity contribution in [3.8, 4) is 0 Å². The lowest BCUT2D eigenvalue weighted by atomic mass is 9.75. The third kappa shape index (κ3) is 4.24. The Hall–Kier alpha value is -0.630. The number of unbranched alkanes of at least 4 members (excludes halogenated alkanes) is 3. The zero-order valence-electron chi connectivity index (χ0n) is 12.0. The minimum Gasteiger partial charge on any atom is -0.370 e. The van der Waals surface area contributed by atoms with Gasteiger partial charge in [-0.25, -0.2) is 0 Å². The van der Waals surface area contributed by atoms with Crippen LogP contribution in [0.2, 0.25) is 0 Å². The van der Waals surface area contributed by atoms with Gasteiger partial charge in [-0.15, -0.1) is 6.58 Å². The Morgan fingerprint density at radius 1 is 1.44 bits per heavy atom. The van der Waals surface area contributed by atoms with Gasteiger partial charge in [-0.1, -0.05) is 25.8 Å². The van der Waals surface area contributed by atoms with Crippen molar-refractivity contribution in [1.29, 1.82) is 0 Å². The van der Waals surface area contributed by atoms with E-state index >= 15 is 0 Å². The molecule has 0 saturated heterocycles. The van der Waals surface area contributed by atoms with Crippen LogP contribution >= 0.6 is 0 Å². The lowest BCUT2D eigenvalue weighted by Crippen LogP contribution is -2.44. The predicted molar refractivity (Wildman–Crippen MR) is 75.7 cm³/mol. The summed E-state index contributed by atoms with van der Waals surface area (Å²) in [4.78, 5) is 12.4. The van der Waals surface area contributed by atoms with Crippen LogP contribution in [0.15, 0.2) is 12.7 Å². The topological polar surface area (TPSA) is 26.3 Å². The average Bonchev–Trinajstić information content (AvgIpc) is 2.38. The van der Waals surface area contributed by atoms with E-state index in [-0.39, 0.29) is 0 Å². The molecule has 2 heteroatoms. The maximum Gasteiger partial charge on any atom is 0.164 e. The molecule has 1 saturated carbocycles. The monoisotopic (exact) mass is 252 g/mol. The first-order valence-electron chi connectivity index (χ1n) is 7.34. The second-order valence-corrected chi connectivity index (χ2v) is 5.71. The summed E-state index contributed by atoms with van der Waals surface area (Å²) in [6.07, 6.45) is 11.1. The Labute approximate surface area is 112 Å². The molecule has 104 valence electrons. The third-order valence-electron chi connectivity index (χ3n) is 4.17. The maximum atomic E-state index is 12.4. The molecule has 0 spiro atoms. The number of carbonyl (C=O) groups is 1. The lowest BCUT2D eigenvalue weighted by molar-refractivity contribution is -0.147. The summed E-state index contributed by atoms with van der Waals surface area (Å²) in [7, 11) is 1.70. The Morgan fingerprint density at radius 3 is 2.83 bits per heavy atom. The molecule has 0 aliphatic heterocycles. The first-order valence-corrected chi connectivity index (χ1v) is 7.34. The molecule has 0 heterocycles. The number of Topliss-reactive ketones (excluding diaryl/α,β-unsaturated/α-hetero) is 1. The smallest absolute Gasteiger partial charge is 0.164 e. The van der Waals surface area contributed by atoms with Crippen LogP contribution in [0.5, 0.6) is 0 Å². The van der Waals surface area contributed by atoms with Gasteiger partial charge in [0, 0.05) is 13.5 Å². The van der Waals surface area contributed by atoms with Crippen molar-refractivity contribution in [2.75, 3.05) is 7.11 Å². The molecule has 0 N–H and O–H groups in total. The van der Waals surface area contributed by atoms with E-state index in [1.54, 1.807) is 7.11 Å². The minimum absolute atomic E-state index is 0.329. The average molecular weight is 252 g/mol. The van der Waals surface area contributed by atoms with E-state index in [9.17, 15) is 4.79 Å². The molecule has 0 aromatic carbocycles. The molecule has 1 aliphatic rings. The summed E-state index contributed by atoms with van der Waals surface area (Å²) >= 11 is 0. The van der Waals surface area contributed by atoms with Gasteiger partial charge < -0.3 is 4.74 Å². The van der Waals surface area contributed by atoms with Gasteiger partial charge in [-0.05, 0) is 44.4 Å². The van der Waals surface area contributed by atoms with Crippen molar-refractivity contribution in [2.24, 2.45) is 5.92 Å². The number of carbonyl (C=O) groups excluding carboxylic acids is 1. The number of ketones is 1. The predicted octanol–water partition coefficient (Wildman–Crippen LogP) is 4.29. The number of hydrogen-bond acceptors (Lipinski definition) is 2. The van der Waals surface area contributed by atoms with E-state index in [2.05, 4.69) is 13.5 Å². The van der Waals surface area contributed by atoms with Gasteiger partial charge in [0.25, 0.3) is 0 Å². The Bertz CT molecular complexity index is 272. The molecule has 2 unspecified atom stereocenters. The van der Waals surface area contributed by atoms with Crippen molar-refractivity contribution < 1.29 is 9.53 Å². The van der Waals surface area contributed by atoms with E-state index in [0.29, 0.717) is 18.1 Å². The number of allylic oxidation sites excluding steroid dienone is 1. The fourth-order valence-electron chi connectivity index (χ4n) is 3.03. The summed E-state index contributed by atoms with van der Waals surface area (Å²) in [6.45, 7) is 5.94. The highest BCUT2D eigenvalue weighted by Gasteiger charge is 2.40. The molecule has 0 bridgehead atoms. The van der Waals surface area contributed by atoms with E-state index < -0.39 is 5.60 Å². The lowest BCUT2D eigenvalue weighted by Gasteiger charge is -2.37.